The maximum Gasteiger partial charge on any atom is 0.413 e. The molecule has 1 fully saturated rings. The van der Waals surface area contributed by atoms with E-state index in [1.807, 2.05) is 44.2 Å². The summed E-state index contributed by atoms with van der Waals surface area (Å²) in [6.45, 7) is 3.75. The second kappa shape index (κ2) is 7.26. The quantitative estimate of drug-likeness (QED) is 0.860. The van der Waals surface area contributed by atoms with Crippen molar-refractivity contribution >= 4 is 12.1 Å². The lowest BCUT2D eigenvalue weighted by Gasteiger charge is -2.39. The van der Waals surface area contributed by atoms with Gasteiger partial charge in [0.25, 0.3) is 0 Å². The molecular weight excluding hydrogens is 286 g/mol. The van der Waals surface area contributed by atoms with E-state index >= 15 is 0 Å². The number of cyclic esters (lactones) is 1. The highest BCUT2D eigenvalue weighted by molar-refractivity contribution is 5.79. The van der Waals surface area contributed by atoms with Gasteiger partial charge in [0.1, 0.15) is 6.61 Å². The fraction of sp³-hybridized carbons (Fsp3) is 0.500. The van der Waals surface area contributed by atoms with Gasteiger partial charge in [-0.3, -0.25) is 4.90 Å². The van der Waals surface area contributed by atoms with Gasteiger partial charge in [-0.05, 0) is 11.5 Å². The molecule has 1 N–H and O–H groups in total. The van der Waals surface area contributed by atoms with E-state index in [4.69, 9.17) is 9.47 Å². The van der Waals surface area contributed by atoms with E-state index in [-0.39, 0.29) is 19.3 Å². The van der Waals surface area contributed by atoms with Crippen LogP contribution in [0, 0.1) is 5.92 Å². The zero-order valence-corrected chi connectivity index (χ0v) is 12.8. The Morgan fingerprint density at radius 2 is 2.14 bits per heavy atom. The molecule has 0 aliphatic carbocycles. The minimum absolute atomic E-state index is 0.0490. The number of hydrogen-bond acceptors (Lipinski definition) is 5. The van der Waals surface area contributed by atoms with Gasteiger partial charge < -0.3 is 14.6 Å². The first-order valence-corrected chi connectivity index (χ1v) is 7.36. The van der Waals surface area contributed by atoms with E-state index < -0.39 is 24.2 Å². The summed E-state index contributed by atoms with van der Waals surface area (Å²) >= 11 is 0. The van der Waals surface area contributed by atoms with Crippen LogP contribution in [-0.2, 0) is 20.9 Å². The molecule has 0 bridgehead atoms. The Bertz CT molecular complexity index is 519. The number of aliphatic hydroxyl groups is 1. The molecule has 1 amide bonds. The fourth-order valence-electron chi connectivity index (χ4n) is 2.45. The van der Waals surface area contributed by atoms with Crippen molar-refractivity contribution in [3.63, 3.8) is 0 Å². The molecule has 120 valence electrons. The van der Waals surface area contributed by atoms with Crippen LogP contribution in [0.15, 0.2) is 30.3 Å². The van der Waals surface area contributed by atoms with Gasteiger partial charge in [0.05, 0.1) is 6.04 Å². The minimum Gasteiger partial charge on any atom is -0.444 e. The summed E-state index contributed by atoms with van der Waals surface area (Å²) in [5, 5.41) is 10.0. The van der Waals surface area contributed by atoms with Crippen LogP contribution in [0.2, 0.25) is 0 Å². The highest BCUT2D eigenvalue weighted by Crippen LogP contribution is 2.24. The lowest BCUT2D eigenvalue weighted by Crippen LogP contribution is -2.58. The van der Waals surface area contributed by atoms with Gasteiger partial charge in [-0.2, -0.15) is 0 Å². The standard InChI is InChI=1S/C16H21NO5/c1-3-11(2)13-14(18)15(19)22-10-17(13)16(20)21-9-12-7-5-4-6-8-12/h4-8,11,13-14,18H,3,9-10H2,1-2H3/t11-,13+,14+/m1/s1. The van der Waals surface area contributed by atoms with Gasteiger partial charge in [0.2, 0.25) is 0 Å². The third-order valence-electron chi connectivity index (χ3n) is 3.94. The number of esters is 1. The van der Waals surface area contributed by atoms with Crippen LogP contribution >= 0.6 is 0 Å². The van der Waals surface area contributed by atoms with E-state index in [0.717, 1.165) is 12.0 Å². The predicted octanol–water partition coefficient (Wildman–Crippen LogP) is 1.92. The number of aliphatic hydroxyl groups excluding tert-OH is 1. The van der Waals surface area contributed by atoms with Crippen LogP contribution in [0.1, 0.15) is 25.8 Å². The molecule has 1 aliphatic rings. The predicted molar refractivity (Wildman–Crippen MR) is 78.7 cm³/mol. The molecule has 0 aromatic heterocycles. The number of ether oxygens (including phenoxy) is 2. The zero-order valence-electron chi connectivity index (χ0n) is 12.8. The topological polar surface area (TPSA) is 76.1 Å². The van der Waals surface area contributed by atoms with Gasteiger partial charge in [-0.15, -0.1) is 0 Å². The Hall–Kier alpha value is -2.08. The Balaban J connectivity index is 2.04. The first-order chi connectivity index (χ1) is 10.5. The normalized spacial score (nSPS) is 22.9. The van der Waals surface area contributed by atoms with Crippen molar-refractivity contribution in [2.75, 3.05) is 6.73 Å². The molecule has 0 radical (unpaired) electrons. The molecule has 1 aliphatic heterocycles. The summed E-state index contributed by atoms with van der Waals surface area (Å²) in [7, 11) is 0. The van der Waals surface area contributed by atoms with E-state index in [1.165, 1.54) is 4.90 Å². The summed E-state index contributed by atoms with van der Waals surface area (Å²) in [6.07, 6.45) is -1.22. The van der Waals surface area contributed by atoms with E-state index in [9.17, 15) is 14.7 Å². The lowest BCUT2D eigenvalue weighted by molar-refractivity contribution is -0.178. The molecular formula is C16H21NO5. The zero-order chi connectivity index (χ0) is 16.1. The third-order valence-corrected chi connectivity index (χ3v) is 3.94. The fourth-order valence-corrected chi connectivity index (χ4v) is 2.45. The van der Waals surface area contributed by atoms with Crippen LogP contribution in [0.5, 0.6) is 0 Å². The molecule has 1 heterocycles. The summed E-state index contributed by atoms with van der Waals surface area (Å²) in [5.74, 6) is -0.746. The summed E-state index contributed by atoms with van der Waals surface area (Å²) in [4.78, 5) is 25.1. The molecule has 0 spiro atoms. The van der Waals surface area contributed by atoms with Crippen LogP contribution in [0.25, 0.3) is 0 Å². The molecule has 1 aromatic rings. The van der Waals surface area contributed by atoms with Gasteiger partial charge in [0, 0.05) is 0 Å². The van der Waals surface area contributed by atoms with Crippen molar-refractivity contribution in [3.8, 4) is 0 Å². The summed E-state index contributed by atoms with van der Waals surface area (Å²) < 4.78 is 10.1. The van der Waals surface area contributed by atoms with E-state index in [1.54, 1.807) is 0 Å². The number of amides is 1. The molecule has 1 aromatic carbocycles. The van der Waals surface area contributed by atoms with Crippen LogP contribution in [0.4, 0.5) is 4.79 Å². The summed E-state index contributed by atoms with van der Waals surface area (Å²) in [5.41, 5.74) is 0.866. The second-order valence-electron chi connectivity index (χ2n) is 5.42. The Kier molecular flexibility index (Phi) is 5.38. The molecule has 1 saturated heterocycles. The highest BCUT2D eigenvalue weighted by Gasteiger charge is 2.43. The molecule has 3 atom stereocenters. The minimum atomic E-state index is -1.34. The number of carbonyl (C=O) groups is 2. The number of benzene rings is 1. The highest BCUT2D eigenvalue weighted by atomic mass is 16.6. The Morgan fingerprint density at radius 3 is 2.77 bits per heavy atom. The molecule has 0 saturated carbocycles. The van der Waals surface area contributed by atoms with Gasteiger partial charge >= 0.3 is 12.1 Å². The third kappa shape index (κ3) is 3.57. The smallest absolute Gasteiger partial charge is 0.413 e. The largest absolute Gasteiger partial charge is 0.444 e. The van der Waals surface area contributed by atoms with Crippen molar-refractivity contribution in [3.05, 3.63) is 35.9 Å². The van der Waals surface area contributed by atoms with Crippen molar-refractivity contribution in [1.82, 2.24) is 4.90 Å². The van der Waals surface area contributed by atoms with Crippen LogP contribution in [-0.4, -0.2) is 40.9 Å². The number of hydrogen-bond donors (Lipinski definition) is 1. The van der Waals surface area contributed by atoms with E-state index in [0.29, 0.717) is 0 Å². The first-order valence-electron chi connectivity index (χ1n) is 7.36. The Morgan fingerprint density at radius 1 is 1.45 bits per heavy atom. The molecule has 6 heteroatoms. The molecule has 0 unspecified atom stereocenters. The van der Waals surface area contributed by atoms with Crippen molar-refractivity contribution in [2.45, 2.75) is 39.0 Å². The van der Waals surface area contributed by atoms with Crippen molar-refractivity contribution in [2.24, 2.45) is 5.92 Å². The van der Waals surface area contributed by atoms with Gasteiger partial charge in [-0.1, -0.05) is 50.6 Å². The number of carbonyl (C=O) groups excluding carboxylic acids is 2. The lowest BCUT2D eigenvalue weighted by atomic mass is 9.92. The number of nitrogens with zero attached hydrogens (tertiary/aromatic N) is 1. The molecule has 6 nitrogen and oxygen atoms in total. The van der Waals surface area contributed by atoms with E-state index in [2.05, 4.69) is 0 Å². The van der Waals surface area contributed by atoms with Crippen LogP contribution < -0.4 is 0 Å². The van der Waals surface area contributed by atoms with Gasteiger partial charge in [-0.25, -0.2) is 9.59 Å². The second-order valence-corrected chi connectivity index (χ2v) is 5.42. The summed E-state index contributed by atoms with van der Waals surface area (Å²) in [6, 6.07) is 8.67. The maximum atomic E-state index is 12.3. The van der Waals surface area contributed by atoms with Gasteiger partial charge in [0.15, 0.2) is 12.8 Å². The van der Waals surface area contributed by atoms with Crippen molar-refractivity contribution < 1.29 is 24.2 Å². The maximum absolute atomic E-state index is 12.3. The SMILES string of the molecule is CC[C@@H](C)[C@H]1[C@H](O)C(=O)OCN1C(=O)OCc1ccccc1. The average Bonchev–Trinajstić information content (AvgIpc) is 2.55. The first kappa shape index (κ1) is 16.3. The molecule has 22 heavy (non-hydrogen) atoms. The Labute approximate surface area is 129 Å². The van der Waals surface area contributed by atoms with Crippen molar-refractivity contribution in [1.29, 1.82) is 0 Å². The monoisotopic (exact) mass is 307 g/mol. The average molecular weight is 307 g/mol. The molecule has 2 rings (SSSR count). The number of rotatable bonds is 4. The van der Waals surface area contributed by atoms with Crippen LogP contribution in [0.3, 0.4) is 0 Å².